The van der Waals surface area contributed by atoms with Crippen molar-refractivity contribution in [2.24, 2.45) is 0 Å². The molecule has 1 aromatic heterocycles. The Balaban J connectivity index is 2.30. The average molecular weight is 220 g/mol. The number of nitrogens with zero attached hydrogens (tertiary/aromatic N) is 1. The van der Waals surface area contributed by atoms with E-state index in [4.69, 9.17) is 5.73 Å². The highest BCUT2D eigenvalue weighted by atomic mass is 19.1. The van der Waals surface area contributed by atoms with Gasteiger partial charge in [-0.25, -0.2) is 8.78 Å². The van der Waals surface area contributed by atoms with Gasteiger partial charge in [-0.15, -0.1) is 0 Å². The lowest BCUT2D eigenvalue weighted by molar-refractivity contribution is 0.580. The molecule has 1 aromatic carbocycles. The molecule has 2 rings (SSSR count). The van der Waals surface area contributed by atoms with Crippen LogP contribution >= 0.6 is 0 Å². The fourth-order valence-electron chi connectivity index (χ4n) is 1.52. The molecule has 0 radical (unpaired) electrons. The van der Waals surface area contributed by atoms with Gasteiger partial charge in [0.25, 0.3) is 0 Å². The van der Waals surface area contributed by atoms with E-state index in [0.29, 0.717) is 17.7 Å². The second-order valence-corrected chi connectivity index (χ2v) is 3.53. The third kappa shape index (κ3) is 2.34. The van der Waals surface area contributed by atoms with Gasteiger partial charge in [0.15, 0.2) is 0 Å². The van der Waals surface area contributed by atoms with Crippen LogP contribution < -0.4 is 5.73 Å². The van der Waals surface area contributed by atoms with E-state index in [1.807, 2.05) is 0 Å². The number of halogens is 2. The molecule has 16 heavy (non-hydrogen) atoms. The Bertz CT molecular complexity index is 492. The normalized spacial score (nSPS) is 10.4. The van der Waals surface area contributed by atoms with Crippen molar-refractivity contribution in [1.82, 2.24) is 4.98 Å². The first-order valence-electron chi connectivity index (χ1n) is 4.78. The Morgan fingerprint density at radius 1 is 1.12 bits per heavy atom. The number of rotatable bonds is 2. The average Bonchev–Trinajstić information content (AvgIpc) is 2.20. The van der Waals surface area contributed by atoms with Gasteiger partial charge in [0.1, 0.15) is 11.6 Å². The number of hydrogen-bond acceptors (Lipinski definition) is 2. The standard InChI is InChI=1S/C12H10F2N2/c13-10-4-8(5-11(14)6-10)3-9-7-16-2-1-12(9)15/h1-2,4-7H,3H2,(H2,15,16). The lowest BCUT2D eigenvalue weighted by Crippen LogP contribution is -1.97. The van der Waals surface area contributed by atoms with Crippen molar-refractivity contribution in [2.45, 2.75) is 6.42 Å². The van der Waals surface area contributed by atoms with Crippen LogP contribution in [-0.2, 0) is 6.42 Å². The highest BCUT2D eigenvalue weighted by Gasteiger charge is 2.04. The van der Waals surface area contributed by atoms with Crippen LogP contribution in [-0.4, -0.2) is 4.98 Å². The molecule has 2 aromatic rings. The van der Waals surface area contributed by atoms with Gasteiger partial charge in [0.05, 0.1) is 0 Å². The van der Waals surface area contributed by atoms with Crippen molar-refractivity contribution in [3.63, 3.8) is 0 Å². The summed E-state index contributed by atoms with van der Waals surface area (Å²) in [5.41, 5.74) is 7.58. The van der Waals surface area contributed by atoms with Gasteiger partial charge in [-0.3, -0.25) is 4.98 Å². The Hall–Kier alpha value is -1.97. The van der Waals surface area contributed by atoms with Crippen molar-refractivity contribution >= 4 is 5.69 Å². The van der Waals surface area contributed by atoms with E-state index in [-0.39, 0.29) is 0 Å². The highest BCUT2D eigenvalue weighted by molar-refractivity contribution is 5.46. The van der Waals surface area contributed by atoms with Crippen LogP contribution in [0.4, 0.5) is 14.5 Å². The monoisotopic (exact) mass is 220 g/mol. The third-order valence-electron chi connectivity index (χ3n) is 2.26. The predicted molar refractivity (Wildman–Crippen MR) is 57.8 cm³/mol. The van der Waals surface area contributed by atoms with E-state index >= 15 is 0 Å². The molecule has 0 bridgehead atoms. The Morgan fingerprint density at radius 2 is 1.81 bits per heavy atom. The topological polar surface area (TPSA) is 38.9 Å². The lowest BCUT2D eigenvalue weighted by Gasteiger charge is -2.05. The molecule has 0 spiro atoms. The minimum atomic E-state index is -0.586. The first kappa shape index (κ1) is 10.5. The zero-order valence-corrected chi connectivity index (χ0v) is 8.45. The van der Waals surface area contributed by atoms with E-state index in [1.165, 1.54) is 12.1 Å². The maximum absolute atomic E-state index is 12.9. The minimum absolute atomic E-state index is 0.369. The summed E-state index contributed by atoms with van der Waals surface area (Å²) in [5, 5.41) is 0. The smallest absolute Gasteiger partial charge is 0.126 e. The van der Waals surface area contributed by atoms with E-state index in [9.17, 15) is 8.78 Å². The fraction of sp³-hybridized carbons (Fsp3) is 0.0833. The number of nitrogen functional groups attached to an aromatic ring is 1. The van der Waals surface area contributed by atoms with Crippen LogP contribution in [0.2, 0.25) is 0 Å². The minimum Gasteiger partial charge on any atom is -0.398 e. The first-order valence-corrected chi connectivity index (χ1v) is 4.78. The third-order valence-corrected chi connectivity index (χ3v) is 2.26. The van der Waals surface area contributed by atoms with Crippen LogP contribution in [0.3, 0.4) is 0 Å². The number of nitrogens with two attached hydrogens (primary N) is 1. The molecule has 82 valence electrons. The predicted octanol–water partition coefficient (Wildman–Crippen LogP) is 2.53. The SMILES string of the molecule is Nc1ccncc1Cc1cc(F)cc(F)c1. The summed E-state index contributed by atoms with van der Waals surface area (Å²) in [6, 6.07) is 5.08. The molecule has 0 amide bonds. The van der Waals surface area contributed by atoms with Gasteiger partial charge in [-0.2, -0.15) is 0 Å². The van der Waals surface area contributed by atoms with E-state index in [2.05, 4.69) is 4.98 Å². The second-order valence-electron chi connectivity index (χ2n) is 3.53. The molecular weight excluding hydrogens is 210 g/mol. The molecule has 0 unspecified atom stereocenters. The molecule has 0 aliphatic rings. The van der Waals surface area contributed by atoms with Crippen LogP contribution in [0, 0.1) is 11.6 Å². The Kier molecular flexibility index (Phi) is 2.81. The molecule has 0 saturated carbocycles. The molecule has 0 fully saturated rings. The largest absolute Gasteiger partial charge is 0.398 e. The van der Waals surface area contributed by atoms with Crippen LogP contribution in [0.25, 0.3) is 0 Å². The maximum atomic E-state index is 12.9. The number of benzene rings is 1. The van der Waals surface area contributed by atoms with Gasteiger partial charge in [0.2, 0.25) is 0 Å². The molecular formula is C12H10F2N2. The van der Waals surface area contributed by atoms with Crippen LogP contribution in [0.5, 0.6) is 0 Å². The zero-order valence-electron chi connectivity index (χ0n) is 8.45. The maximum Gasteiger partial charge on any atom is 0.126 e. The van der Waals surface area contributed by atoms with E-state index < -0.39 is 11.6 Å². The van der Waals surface area contributed by atoms with Crippen molar-refractivity contribution in [3.8, 4) is 0 Å². The van der Waals surface area contributed by atoms with E-state index in [0.717, 1.165) is 11.6 Å². The molecule has 0 aliphatic heterocycles. The molecule has 1 heterocycles. The number of hydrogen-bond donors (Lipinski definition) is 1. The van der Waals surface area contributed by atoms with Gasteiger partial charge < -0.3 is 5.73 Å². The fourth-order valence-corrected chi connectivity index (χ4v) is 1.52. The molecule has 2 N–H and O–H groups in total. The second kappa shape index (κ2) is 4.26. The summed E-state index contributed by atoms with van der Waals surface area (Å²) in [6.45, 7) is 0. The van der Waals surface area contributed by atoms with Gasteiger partial charge in [0, 0.05) is 30.6 Å². The van der Waals surface area contributed by atoms with Crippen LogP contribution in [0.15, 0.2) is 36.7 Å². The molecule has 2 nitrogen and oxygen atoms in total. The zero-order chi connectivity index (χ0) is 11.5. The quantitative estimate of drug-likeness (QED) is 0.844. The first-order chi connectivity index (χ1) is 7.65. The summed E-state index contributed by atoms with van der Waals surface area (Å²) in [6.07, 6.45) is 3.54. The lowest BCUT2D eigenvalue weighted by atomic mass is 10.1. The van der Waals surface area contributed by atoms with E-state index in [1.54, 1.807) is 18.5 Å². The summed E-state index contributed by atoms with van der Waals surface area (Å²) < 4.78 is 25.9. The summed E-state index contributed by atoms with van der Waals surface area (Å²) in [5.74, 6) is -1.17. The van der Waals surface area contributed by atoms with Crippen molar-refractivity contribution < 1.29 is 8.78 Å². The van der Waals surface area contributed by atoms with Crippen molar-refractivity contribution in [1.29, 1.82) is 0 Å². The molecule has 0 atom stereocenters. The van der Waals surface area contributed by atoms with Crippen molar-refractivity contribution in [2.75, 3.05) is 5.73 Å². The number of aromatic nitrogens is 1. The molecule has 0 saturated heterocycles. The summed E-state index contributed by atoms with van der Waals surface area (Å²) in [7, 11) is 0. The number of pyridine rings is 1. The number of anilines is 1. The van der Waals surface area contributed by atoms with Gasteiger partial charge >= 0.3 is 0 Å². The Labute approximate surface area is 91.7 Å². The summed E-state index contributed by atoms with van der Waals surface area (Å²) in [4.78, 5) is 3.92. The van der Waals surface area contributed by atoms with Crippen molar-refractivity contribution in [3.05, 3.63) is 59.4 Å². The van der Waals surface area contributed by atoms with Crippen LogP contribution in [0.1, 0.15) is 11.1 Å². The summed E-state index contributed by atoms with van der Waals surface area (Å²) >= 11 is 0. The molecule has 0 aliphatic carbocycles. The van der Waals surface area contributed by atoms with Gasteiger partial charge in [-0.05, 0) is 29.3 Å². The Morgan fingerprint density at radius 3 is 2.44 bits per heavy atom. The molecule has 4 heteroatoms. The van der Waals surface area contributed by atoms with Gasteiger partial charge in [-0.1, -0.05) is 0 Å². The highest BCUT2D eigenvalue weighted by Crippen LogP contribution is 2.16.